The fraction of sp³-hybridized carbons (Fsp3) is 0.600. The molecule has 118 valence electrons. The third kappa shape index (κ3) is 5.53. The Morgan fingerprint density at radius 3 is 2.62 bits per heavy atom. The smallest absolute Gasteiger partial charge is 0.229 e. The molecule has 0 unspecified atom stereocenters. The predicted molar refractivity (Wildman–Crippen MR) is 84.5 cm³/mol. The van der Waals surface area contributed by atoms with Gasteiger partial charge in [0.25, 0.3) is 0 Å². The number of anilines is 2. The largest absolute Gasteiger partial charge is 0.385 e. The van der Waals surface area contributed by atoms with Crippen molar-refractivity contribution in [1.82, 2.24) is 0 Å². The summed E-state index contributed by atoms with van der Waals surface area (Å²) in [6.07, 6.45) is 8.70. The molecule has 2 rings (SSSR count). The second-order valence-corrected chi connectivity index (χ2v) is 7.54. The highest BCUT2D eigenvalue weighted by Gasteiger charge is 2.13. The first kappa shape index (κ1) is 16.1. The summed E-state index contributed by atoms with van der Waals surface area (Å²) in [7, 11) is -3.47. The van der Waals surface area contributed by atoms with Crippen molar-refractivity contribution in [1.29, 1.82) is 0 Å². The van der Waals surface area contributed by atoms with Gasteiger partial charge >= 0.3 is 0 Å². The molecule has 1 fully saturated rings. The van der Waals surface area contributed by atoms with E-state index in [0.29, 0.717) is 0 Å². The summed E-state index contributed by atoms with van der Waals surface area (Å²) in [5.74, 6) is 0.207. The zero-order valence-corrected chi connectivity index (χ0v) is 13.2. The van der Waals surface area contributed by atoms with Gasteiger partial charge in [-0.25, -0.2) is 12.8 Å². The first-order valence-electron chi connectivity index (χ1n) is 7.45. The zero-order chi connectivity index (χ0) is 15.3. The lowest BCUT2D eigenvalue weighted by Gasteiger charge is -2.21. The maximum Gasteiger partial charge on any atom is 0.229 e. The monoisotopic (exact) mass is 314 g/mol. The van der Waals surface area contributed by atoms with Crippen LogP contribution in [0, 0.1) is 11.7 Å². The fourth-order valence-electron chi connectivity index (χ4n) is 2.81. The van der Waals surface area contributed by atoms with E-state index in [2.05, 4.69) is 10.0 Å². The molecule has 0 amide bonds. The molecular weight excluding hydrogens is 291 g/mol. The van der Waals surface area contributed by atoms with Crippen LogP contribution in [-0.2, 0) is 10.0 Å². The Hall–Kier alpha value is -1.30. The third-order valence-corrected chi connectivity index (χ3v) is 4.46. The van der Waals surface area contributed by atoms with Crippen molar-refractivity contribution in [3.8, 4) is 0 Å². The molecule has 0 heterocycles. The molecule has 0 radical (unpaired) electrons. The van der Waals surface area contributed by atoms with Crippen LogP contribution in [0.4, 0.5) is 15.8 Å². The summed E-state index contributed by atoms with van der Waals surface area (Å²) < 4.78 is 38.1. The van der Waals surface area contributed by atoms with Crippen LogP contribution >= 0.6 is 0 Å². The van der Waals surface area contributed by atoms with E-state index in [1.807, 2.05) is 0 Å². The molecule has 1 aliphatic rings. The molecular formula is C15H23FN2O2S. The fourth-order valence-corrected chi connectivity index (χ4v) is 3.37. The van der Waals surface area contributed by atoms with Crippen LogP contribution in [0.3, 0.4) is 0 Å². The van der Waals surface area contributed by atoms with Gasteiger partial charge in [0.1, 0.15) is 5.82 Å². The molecule has 0 bridgehead atoms. The first-order valence-corrected chi connectivity index (χ1v) is 9.34. The van der Waals surface area contributed by atoms with Crippen LogP contribution in [-0.4, -0.2) is 21.2 Å². The van der Waals surface area contributed by atoms with Gasteiger partial charge < -0.3 is 5.32 Å². The maximum absolute atomic E-state index is 13.6. The summed E-state index contributed by atoms with van der Waals surface area (Å²) in [5.41, 5.74) is 0.721. The zero-order valence-electron chi connectivity index (χ0n) is 12.4. The second kappa shape index (κ2) is 7.11. The van der Waals surface area contributed by atoms with Crippen molar-refractivity contribution < 1.29 is 12.8 Å². The van der Waals surface area contributed by atoms with E-state index in [1.165, 1.54) is 44.2 Å². The molecule has 21 heavy (non-hydrogen) atoms. The average molecular weight is 314 g/mol. The number of hydrogen-bond acceptors (Lipinski definition) is 3. The highest BCUT2D eigenvalue weighted by Crippen LogP contribution is 2.26. The Morgan fingerprint density at radius 1 is 1.24 bits per heavy atom. The second-order valence-electron chi connectivity index (χ2n) is 5.79. The van der Waals surface area contributed by atoms with E-state index < -0.39 is 15.8 Å². The van der Waals surface area contributed by atoms with Gasteiger partial charge in [-0.1, -0.05) is 32.1 Å². The summed E-state index contributed by atoms with van der Waals surface area (Å²) in [6, 6.07) is 4.40. The Labute approximate surface area is 126 Å². The van der Waals surface area contributed by atoms with Crippen molar-refractivity contribution in [3.05, 3.63) is 24.0 Å². The summed E-state index contributed by atoms with van der Waals surface area (Å²) in [5, 5.41) is 3.24. The van der Waals surface area contributed by atoms with Crippen molar-refractivity contribution in [3.63, 3.8) is 0 Å². The molecule has 1 aliphatic carbocycles. The normalized spacial score (nSPS) is 16.7. The van der Waals surface area contributed by atoms with Crippen molar-refractivity contribution >= 4 is 21.4 Å². The molecule has 0 saturated heterocycles. The van der Waals surface area contributed by atoms with Gasteiger partial charge in [-0.3, -0.25) is 4.72 Å². The van der Waals surface area contributed by atoms with Gasteiger partial charge in [-0.2, -0.15) is 0 Å². The van der Waals surface area contributed by atoms with Crippen LogP contribution in [0.15, 0.2) is 18.2 Å². The number of halogens is 1. The van der Waals surface area contributed by atoms with Gasteiger partial charge in [-0.15, -0.1) is 0 Å². The maximum atomic E-state index is 13.6. The Morgan fingerprint density at radius 2 is 1.95 bits per heavy atom. The minimum absolute atomic E-state index is 0.0137. The lowest BCUT2D eigenvalue weighted by atomic mass is 9.87. The molecule has 0 spiro atoms. The Balaban J connectivity index is 1.89. The molecule has 0 aliphatic heterocycles. The van der Waals surface area contributed by atoms with E-state index in [-0.39, 0.29) is 5.69 Å². The highest BCUT2D eigenvalue weighted by molar-refractivity contribution is 7.92. The van der Waals surface area contributed by atoms with Gasteiger partial charge in [0.15, 0.2) is 0 Å². The summed E-state index contributed by atoms with van der Waals surface area (Å²) >= 11 is 0. The van der Waals surface area contributed by atoms with E-state index in [0.717, 1.165) is 30.8 Å². The topological polar surface area (TPSA) is 58.2 Å². The molecule has 1 aromatic carbocycles. The van der Waals surface area contributed by atoms with Crippen LogP contribution in [0.25, 0.3) is 0 Å². The lowest BCUT2D eigenvalue weighted by molar-refractivity contribution is 0.345. The number of hydrogen-bond donors (Lipinski definition) is 2. The van der Waals surface area contributed by atoms with E-state index in [4.69, 9.17) is 0 Å². The predicted octanol–water partition coefficient (Wildman–Crippen LogP) is 3.58. The molecule has 0 atom stereocenters. The summed E-state index contributed by atoms with van der Waals surface area (Å²) in [6.45, 7) is 0.828. The number of sulfonamides is 1. The molecule has 0 aromatic heterocycles. The Kier molecular flexibility index (Phi) is 5.45. The molecule has 1 aromatic rings. The summed E-state index contributed by atoms with van der Waals surface area (Å²) in [4.78, 5) is 0. The van der Waals surface area contributed by atoms with Gasteiger partial charge in [0.2, 0.25) is 10.0 Å². The van der Waals surface area contributed by atoms with Crippen LogP contribution in [0.5, 0.6) is 0 Å². The van der Waals surface area contributed by atoms with Gasteiger partial charge in [0, 0.05) is 12.2 Å². The number of nitrogens with one attached hydrogen (secondary N) is 2. The van der Waals surface area contributed by atoms with Gasteiger partial charge in [-0.05, 0) is 30.5 Å². The van der Waals surface area contributed by atoms with Crippen molar-refractivity contribution in [2.24, 2.45) is 5.92 Å². The van der Waals surface area contributed by atoms with E-state index in [9.17, 15) is 12.8 Å². The molecule has 4 nitrogen and oxygen atoms in total. The van der Waals surface area contributed by atoms with E-state index in [1.54, 1.807) is 6.07 Å². The van der Waals surface area contributed by atoms with Crippen molar-refractivity contribution in [2.75, 3.05) is 22.8 Å². The highest BCUT2D eigenvalue weighted by atomic mass is 32.2. The minimum Gasteiger partial charge on any atom is -0.385 e. The van der Waals surface area contributed by atoms with Crippen LogP contribution in [0.2, 0.25) is 0 Å². The quantitative estimate of drug-likeness (QED) is 0.844. The number of rotatable bonds is 6. The van der Waals surface area contributed by atoms with Gasteiger partial charge in [0.05, 0.1) is 11.9 Å². The minimum atomic E-state index is -3.47. The average Bonchev–Trinajstić information content (AvgIpc) is 2.42. The molecule has 2 N–H and O–H groups in total. The van der Waals surface area contributed by atoms with Crippen molar-refractivity contribution in [2.45, 2.75) is 38.5 Å². The SMILES string of the molecule is CS(=O)(=O)Nc1cc(NCCC2CCCCC2)ccc1F. The lowest BCUT2D eigenvalue weighted by Crippen LogP contribution is -2.13. The number of benzene rings is 1. The molecule has 1 saturated carbocycles. The first-order chi connectivity index (χ1) is 9.94. The Bertz CT molecular complexity index is 569. The van der Waals surface area contributed by atoms with E-state index >= 15 is 0 Å². The van der Waals surface area contributed by atoms with Crippen LogP contribution < -0.4 is 10.0 Å². The van der Waals surface area contributed by atoms with Crippen LogP contribution in [0.1, 0.15) is 38.5 Å². The third-order valence-electron chi connectivity index (χ3n) is 3.87. The standard InChI is InChI=1S/C15H23FN2O2S/c1-21(19,20)18-15-11-13(7-8-14(15)16)17-10-9-12-5-3-2-4-6-12/h7-8,11-12,17-18H,2-6,9-10H2,1H3. The molecule has 6 heteroatoms.